The number of ether oxygens (including phenoxy) is 1. The zero-order chi connectivity index (χ0) is 28.7. The molecule has 1 aromatic rings. The van der Waals surface area contributed by atoms with Crippen LogP contribution in [0.25, 0.3) is 0 Å². The fourth-order valence-electron chi connectivity index (χ4n) is 6.49. The summed E-state index contributed by atoms with van der Waals surface area (Å²) in [6.45, 7) is 6.84. The maximum Gasteiger partial charge on any atom is 0.453 e. The largest absolute Gasteiger partial charge is 0.508 e. The highest BCUT2D eigenvalue weighted by Crippen LogP contribution is 2.61. The molecule has 4 rings (SSSR count). The zero-order valence-electron chi connectivity index (χ0n) is 23.4. The van der Waals surface area contributed by atoms with E-state index in [0.29, 0.717) is 28.9 Å². The van der Waals surface area contributed by atoms with E-state index in [-0.39, 0.29) is 6.42 Å². The van der Waals surface area contributed by atoms with Gasteiger partial charge in [-0.1, -0.05) is 33.3 Å². The van der Waals surface area contributed by atoms with Crippen LogP contribution in [0.15, 0.2) is 18.2 Å². The SMILES string of the molecule is CCC(C)P.COC1CCC2C3CCc4cc(O)ccc4C3CCC12C.CSCCCC(F)(F)C(F)(F)F. The summed E-state index contributed by atoms with van der Waals surface area (Å²) in [7, 11) is 4.63. The van der Waals surface area contributed by atoms with Crippen molar-refractivity contribution in [2.75, 3.05) is 19.1 Å². The second-order valence-electron chi connectivity index (χ2n) is 11.3. The van der Waals surface area contributed by atoms with Crippen molar-refractivity contribution in [3.63, 3.8) is 0 Å². The lowest BCUT2D eigenvalue weighted by molar-refractivity contribution is -0.284. The van der Waals surface area contributed by atoms with Gasteiger partial charge in [-0.05, 0) is 109 Å². The predicted molar refractivity (Wildman–Crippen MR) is 152 cm³/mol. The number of aryl methyl sites for hydroxylation is 1. The van der Waals surface area contributed by atoms with Crippen molar-refractivity contribution in [2.45, 2.75) is 108 Å². The minimum Gasteiger partial charge on any atom is -0.508 e. The van der Waals surface area contributed by atoms with Gasteiger partial charge in [0.15, 0.2) is 0 Å². The van der Waals surface area contributed by atoms with E-state index >= 15 is 0 Å². The van der Waals surface area contributed by atoms with E-state index < -0.39 is 18.5 Å². The molecule has 0 radical (unpaired) electrons. The Balaban J connectivity index is 0.000000254. The highest BCUT2D eigenvalue weighted by molar-refractivity contribution is 7.98. The fraction of sp³-hybridized carbons (Fsp3) is 0.793. The van der Waals surface area contributed by atoms with Crippen LogP contribution in [0.4, 0.5) is 22.0 Å². The molecule has 0 heterocycles. The molecule has 7 atom stereocenters. The van der Waals surface area contributed by atoms with Gasteiger partial charge in [0.1, 0.15) is 5.75 Å². The molecular weight excluding hydrogens is 538 g/mol. The van der Waals surface area contributed by atoms with Crippen LogP contribution in [0.3, 0.4) is 0 Å². The van der Waals surface area contributed by atoms with Gasteiger partial charge in [-0.2, -0.15) is 33.7 Å². The van der Waals surface area contributed by atoms with Gasteiger partial charge < -0.3 is 9.84 Å². The van der Waals surface area contributed by atoms with Crippen molar-refractivity contribution in [1.29, 1.82) is 0 Å². The fourth-order valence-corrected chi connectivity index (χ4v) is 6.92. The van der Waals surface area contributed by atoms with Crippen molar-refractivity contribution in [1.82, 2.24) is 0 Å². The summed E-state index contributed by atoms with van der Waals surface area (Å²) in [5, 5.41) is 9.73. The van der Waals surface area contributed by atoms with Crippen LogP contribution in [0.2, 0.25) is 0 Å². The Hall–Kier alpha value is -0.590. The van der Waals surface area contributed by atoms with Gasteiger partial charge in [0.2, 0.25) is 0 Å². The van der Waals surface area contributed by atoms with Crippen LogP contribution < -0.4 is 0 Å². The van der Waals surface area contributed by atoms with E-state index in [1.54, 1.807) is 6.26 Å². The minimum absolute atomic E-state index is 0.117. The number of thioether (sulfide) groups is 1. The first-order valence-corrected chi connectivity index (χ1v) is 15.8. The number of methoxy groups -OCH3 is 1. The Morgan fingerprint density at radius 2 is 1.82 bits per heavy atom. The summed E-state index contributed by atoms with van der Waals surface area (Å²) in [5.74, 6) is -1.42. The summed E-state index contributed by atoms with van der Waals surface area (Å²) in [6.07, 6.45) is 4.34. The average molecular weight is 585 g/mol. The molecule has 220 valence electrons. The Morgan fingerprint density at radius 1 is 1.16 bits per heavy atom. The van der Waals surface area contributed by atoms with Crippen molar-refractivity contribution in [3.8, 4) is 5.75 Å². The Morgan fingerprint density at radius 3 is 2.37 bits per heavy atom. The lowest BCUT2D eigenvalue weighted by Crippen LogP contribution is -2.44. The molecular formula is C29H46F5O2PS. The molecule has 3 aliphatic rings. The number of aromatic hydroxyl groups is 1. The molecule has 0 amide bonds. The minimum atomic E-state index is -5.40. The molecule has 0 bridgehead atoms. The van der Waals surface area contributed by atoms with E-state index in [1.807, 2.05) is 19.2 Å². The second kappa shape index (κ2) is 14.3. The smallest absolute Gasteiger partial charge is 0.453 e. The summed E-state index contributed by atoms with van der Waals surface area (Å²) in [4.78, 5) is 0. The van der Waals surface area contributed by atoms with Crippen LogP contribution in [0.1, 0.15) is 89.2 Å². The van der Waals surface area contributed by atoms with Crippen LogP contribution in [0.5, 0.6) is 5.75 Å². The van der Waals surface area contributed by atoms with Gasteiger partial charge in [-0.15, -0.1) is 9.24 Å². The van der Waals surface area contributed by atoms with Crippen LogP contribution in [-0.2, 0) is 11.2 Å². The van der Waals surface area contributed by atoms with E-state index in [1.165, 1.54) is 61.4 Å². The van der Waals surface area contributed by atoms with E-state index in [0.717, 1.165) is 23.9 Å². The number of halogens is 5. The molecule has 0 aliphatic heterocycles. The maximum atomic E-state index is 12.1. The molecule has 9 heteroatoms. The lowest BCUT2D eigenvalue weighted by atomic mass is 9.55. The van der Waals surface area contributed by atoms with Gasteiger partial charge in [-0.3, -0.25) is 0 Å². The first-order valence-electron chi connectivity index (χ1n) is 13.7. The van der Waals surface area contributed by atoms with E-state index in [9.17, 15) is 27.1 Å². The number of benzene rings is 1. The summed E-state index contributed by atoms with van der Waals surface area (Å²) in [6, 6.07) is 6.06. The highest BCUT2D eigenvalue weighted by Gasteiger charge is 2.56. The molecule has 1 aromatic carbocycles. The molecule has 0 aromatic heterocycles. The molecule has 2 saturated carbocycles. The average Bonchev–Trinajstić information content (AvgIpc) is 3.20. The molecule has 2 nitrogen and oxygen atoms in total. The first kappa shape index (κ1) is 33.6. The highest BCUT2D eigenvalue weighted by atomic mass is 32.2. The van der Waals surface area contributed by atoms with Crippen LogP contribution >= 0.6 is 21.0 Å². The van der Waals surface area contributed by atoms with Crippen molar-refractivity contribution in [2.24, 2.45) is 17.3 Å². The molecule has 7 unspecified atom stereocenters. The number of hydrogen-bond donors (Lipinski definition) is 1. The van der Waals surface area contributed by atoms with Gasteiger partial charge in [-0.25, -0.2) is 0 Å². The van der Waals surface area contributed by atoms with E-state index in [2.05, 4.69) is 36.1 Å². The molecule has 38 heavy (non-hydrogen) atoms. The second-order valence-corrected chi connectivity index (χ2v) is 13.5. The molecule has 3 aliphatic carbocycles. The monoisotopic (exact) mass is 584 g/mol. The quantitative estimate of drug-likeness (QED) is 0.205. The summed E-state index contributed by atoms with van der Waals surface area (Å²) < 4.78 is 64.6. The third-order valence-electron chi connectivity index (χ3n) is 8.81. The van der Waals surface area contributed by atoms with Gasteiger partial charge in [0.25, 0.3) is 0 Å². The number of phenols is 1. The Bertz CT molecular complexity index is 866. The molecule has 2 fully saturated rings. The molecule has 0 saturated heterocycles. The Labute approximate surface area is 232 Å². The number of rotatable bonds is 6. The number of fused-ring (bicyclic) bond motifs is 5. The van der Waals surface area contributed by atoms with Gasteiger partial charge >= 0.3 is 12.1 Å². The molecule has 1 N–H and O–H groups in total. The van der Waals surface area contributed by atoms with Crippen molar-refractivity contribution in [3.05, 3.63) is 29.3 Å². The van der Waals surface area contributed by atoms with Crippen LogP contribution in [-0.4, -0.2) is 48.1 Å². The Kier molecular flexibility index (Phi) is 12.7. The third kappa shape index (κ3) is 8.22. The zero-order valence-corrected chi connectivity index (χ0v) is 25.4. The normalized spacial score (nSPS) is 29.0. The van der Waals surface area contributed by atoms with Crippen LogP contribution in [0, 0.1) is 17.3 Å². The number of hydrogen-bond acceptors (Lipinski definition) is 3. The maximum absolute atomic E-state index is 12.1. The number of alkyl halides is 5. The summed E-state index contributed by atoms with van der Waals surface area (Å²) >= 11 is 1.25. The molecule has 0 spiro atoms. The van der Waals surface area contributed by atoms with E-state index in [4.69, 9.17) is 4.74 Å². The first-order chi connectivity index (χ1) is 17.7. The standard InChI is InChI=1S/C19H26O2.C6H9F5S.C4H11P/c1-19-10-9-15-14-6-4-13(20)11-12(14)3-5-16(15)17(19)7-8-18(19)21-2;1-12-4-2-3-5(7,8)6(9,10)11;1-3-4(2)5/h4,6,11,15-18,20H,3,5,7-10H2,1-2H3;2-4H2,1H3;4H,3,5H2,1-2H3. The van der Waals surface area contributed by atoms with Crippen molar-refractivity contribution >= 4 is 21.0 Å². The van der Waals surface area contributed by atoms with Gasteiger partial charge in [0.05, 0.1) is 6.10 Å². The van der Waals surface area contributed by atoms with Gasteiger partial charge in [0, 0.05) is 13.5 Å². The summed E-state index contributed by atoms with van der Waals surface area (Å²) in [5.41, 5.74) is 4.10. The number of phenolic OH excluding ortho intramolecular Hbond substituents is 1. The topological polar surface area (TPSA) is 29.5 Å². The van der Waals surface area contributed by atoms with Crippen molar-refractivity contribution < 1.29 is 31.8 Å². The predicted octanol–water partition coefficient (Wildman–Crippen LogP) is 9.25. The lowest BCUT2D eigenvalue weighted by Gasteiger charge is -2.50. The third-order valence-corrected chi connectivity index (χ3v) is 9.97.